The van der Waals surface area contributed by atoms with Gasteiger partial charge >= 0.3 is 5.97 Å². The summed E-state index contributed by atoms with van der Waals surface area (Å²) in [4.78, 5) is 12.6. The van der Waals surface area contributed by atoms with E-state index in [1.54, 1.807) is 0 Å². The Bertz CT molecular complexity index is 1650. The largest absolute Gasteiger partial charge is 0.465 e. The van der Waals surface area contributed by atoms with Crippen LogP contribution >= 0.6 is 0 Å². The van der Waals surface area contributed by atoms with Crippen LogP contribution < -0.4 is 0 Å². The molecule has 1 atom stereocenters. The van der Waals surface area contributed by atoms with Crippen molar-refractivity contribution in [3.05, 3.63) is 126 Å². The van der Waals surface area contributed by atoms with Crippen molar-refractivity contribution in [1.29, 1.82) is 0 Å². The number of carbonyl (C=O) groups is 1. The number of ether oxygens (including phenoxy) is 1. The molecule has 1 saturated carbocycles. The van der Waals surface area contributed by atoms with Crippen molar-refractivity contribution in [1.82, 2.24) is 5.16 Å². The third-order valence-corrected chi connectivity index (χ3v) is 7.83. The van der Waals surface area contributed by atoms with Crippen LogP contribution in [0.25, 0.3) is 33.6 Å². The maximum absolute atomic E-state index is 12.6. The summed E-state index contributed by atoms with van der Waals surface area (Å²) in [5.74, 6) is 0.398. The van der Waals surface area contributed by atoms with Crippen molar-refractivity contribution in [3.63, 3.8) is 0 Å². The van der Waals surface area contributed by atoms with Gasteiger partial charge in [0, 0.05) is 5.56 Å². The molecule has 1 aliphatic carbocycles. The van der Waals surface area contributed by atoms with Crippen molar-refractivity contribution in [2.45, 2.75) is 38.2 Å². The second kappa shape index (κ2) is 10.6. The fraction of sp³-hybridized carbons (Fsp3) is 0.200. The molecule has 1 aromatic heterocycles. The zero-order valence-corrected chi connectivity index (χ0v) is 22.6. The molecule has 1 unspecified atom stereocenters. The molecule has 0 saturated heterocycles. The molecule has 0 bridgehead atoms. The Kier molecular flexibility index (Phi) is 6.82. The molecule has 5 aromatic rings. The van der Waals surface area contributed by atoms with Crippen LogP contribution in [0.3, 0.4) is 0 Å². The van der Waals surface area contributed by atoms with Gasteiger partial charge in [-0.1, -0.05) is 102 Å². The molecule has 4 aromatic carbocycles. The monoisotopic (exact) mass is 529 g/mol. The molecule has 0 aliphatic heterocycles. The lowest BCUT2D eigenvalue weighted by Crippen LogP contribution is -2.23. The van der Waals surface area contributed by atoms with Crippen molar-refractivity contribution in [2.24, 2.45) is 0 Å². The average molecular weight is 530 g/mol. The summed E-state index contributed by atoms with van der Waals surface area (Å²) >= 11 is 0. The van der Waals surface area contributed by atoms with E-state index < -0.39 is 11.5 Å². The Morgan fingerprint density at radius 2 is 1.55 bits per heavy atom. The molecular formula is C35H31NO4. The summed E-state index contributed by atoms with van der Waals surface area (Å²) in [5, 5.41) is 15.9. The Labute approximate surface area is 234 Å². The van der Waals surface area contributed by atoms with E-state index in [0.717, 1.165) is 51.8 Å². The van der Waals surface area contributed by atoms with E-state index in [1.807, 2.05) is 105 Å². The first-order valence-electron chi connectivity index (χ1n) is 13.7. The SMILES string of the molecule is CCOC(=O)C1(c2ccc(-c3ccccc3-c3onc(C)c3C(O)c3cccc(-c4ccccc4)c3)cc2)CC1. The van der Waals surface area contributed by atoms with Crippen LogP contribution in [0.15, 0.2) is 108 Å². The third-order valence-electron chi connectivity index (χ3n) is 7.83. The smallest absolute Gasteiger partial charge is 0.316 e. The Morgan fingerprint density at radius 1 is 0.875 bits per heavy atom. The van der Waals surface area contributed by atoms with Crippen LogP contribution in [0.5, 0.6) is 0 Å². The number of aromatic nitrogens is 1. The van der Waals surface area contributed by atoms with E-state index in [0.29, 0.717) is 23.6 Å². The van der Waals surface area contributed by atoms with Crippen molar-refractivity contribution >= 4 is 5.97 Å². The highest BCUT2D eigenvalue weighted by Gasteiger charge is 2.52. The molecule has 5 nitrogen and oxygen atoms in total. The van der Waals surface area contributed by atoms with Gasteiger partial charge in [0.1, 0.15) is 6.10 Å². The molecule has 5 heteroatoms. The van der Waals surface area contributed by atoms with Gasteiger partial charge < -0.3 is 14.4 Å². The molecule has 200 valence electrons. The molecule has 1 N–H and O–H groups in total. The summed E-state index contributed by atoms with van der Waals surface area (Å²) in [6, 6.07) is 34.1. The van der Waals surface area contributed by atoms with Gasteiger partial charge in [-0.05, 0) is 66.1 Å². The average Bonchev–Trinajstić information content (AvgIpc) is 3.74. The van der Waals surface area contributed by atoms with Crippen LogP contribution in [0, 0.1) is 6.92 Å². The van der Waals surface area contributed by atoms with Gasteiger partial charge in [0.15, 0.2) is 5.76 Å². The lowest BCUT2D eigenvalue weighted by molar-refractivity contribution is -0.146. The maximum atomic E-state index is 12.6. The number of hydrogen-bond donors (Lipinski definition) is 1. The molecule has 40 heavy (non-hydrogen) atoms. The van der Waals surface area contributed by atoms with Crippen LogP contribution in [-0.2, 0) is 14.9 Å². The number of aryl methyl sites for hydroxylation is 1. The number of aliphatic hydroxyl groups is 1. The second-order valence-electron chi connectivity index (χ2n) is 10.3. The number of rotatable bonds is 8. The van der Waals surface area contributed by atoms with Gasteiger partial charge in [-0.15, -0.1) is 0 Å². The molecule has 6 rings (SSSR count). The Hall–Kier alpha value is -4.48. The Balaban J connectivity index is 1.35. The predicted molar refractivity (Wildman–Crippen MR) is 156 cm³/mol. The summed E-state index contributed by atoms with van der Waals surface area (Å²) in [6.07, 6.45) is 0.706. The van der Waals surface area contributed by atoms with Gasteiger partial charge in [0.25, 0.3) is 0 Å². The number of benzene rings is 4. The lowest BCUT2D eigenvalue weighted by atomic mass is 9.90. The fourth-order valence-electron chi connectivity index (χ4n) is 5.49. The van der Waals surface area contributed by atoms with Gasteiger partial charge in [-0.25, -0.2) is 0 Å². The predicted octanol–water partition coefficient (Wildman–Crippen LogP) is 7.66. The van der Waals surface area contributed by atoms with E-state index in [9.17, 15) is 9.90 Å². The minimum absolute atomic E-state index is 0.143. The molecular weight excluding hydrogens is 498 g/mol. The first kappa shape index (κ1) is 25.8. The molecule has 1 fully saturated rings. The van der Waals surface area contributed by atoms with E-state index in [1.165, 1.54) is 0 Å². The number of esters is 1. The zero-order chi connectivity index (χ0) is 27.7. The number of carbonyl (C=O) groups excluding carboxylic acids is 1. The van der Waals surface area contributed by atoms with Crippen LogP contribution in [0.1, 0.15) is 48.3 Å². The van der Waals surface area contributed by atoms with Crippen molar-refractivity contribution < 1.29 is 19.2 Å². The van der Waals surface area contributed by atoms with Crippen LogP contribution in [-0.4, -0.2) is 22.8 Å². The van der Waals surface area contributed by atoms with E-state index in [4.69, 9.17) is 9.26 Å². The minimum Gasteiger partial charge on any atom is -0.465 e. The van der Waals surface area contributed by atoms with Crippen LogP contribution in [0.2, 0.25) is 0 Å². The standard InChI is InChI=1S/C35H31NO4/c1-3-39-34(38)35(20-21-35)28-18-16-25(17-19-28)29-14-7-8-15-30(29)33-31(23(2)36-40-33)32(37)27-13-9-12-26(22-27)24-10-5-4-6-11-24/h4-19,22,32,37H,3,20-21H2,1-2H3. The molecule has 0 spiro atoms. The molecule has 1 heterocycles. The van der Waals surface area contributed by atoms with E-state index in [2.05, 4.69) is 17.3 Å². The summed E-state index contributed by atoms with van der Waals surface area (Å²) in [7, 11) is 0. The van der Waals surface area contributed by atoms with E-state index >= 15 is 0 Å². The molecule has 0 radical (unpaired) electrons. The van der Waals surface area contributed by atoms with Crippen LogP contribution in [0.4, 0.5) is 0 Å². The zero-order valence-electron chi connectivity index (χ0n) is 22.6. The maximum Gasteiger partial charge on any atom is 0.316 e. The van der Waals surface area contributed by atoms with Crippen molar-refractivity contribution in [3.8, 4) is 33.6 Å². The summed E-state index contributed by atoms with van der Waals surface area (Å²) < 4.78 is 11.2. The summed E-state index contributed by atoms with van der Waals surface area (Å²) in [6.45, 7) is 4.08. The highest BCUT2D eigenvalue weighted by molar-refractivity contribution is 5.88. The number of nitrogens with zero attached hydrogens (tertiary/aromatic N) is 1. The minimum atomic E-state index is -0.917. The fourth-order valence-corrected chi connectivity index (χ4v) is 5.49. The quantitative estimate of drug-likeness (QED) is 0.209. The third kappa shape index (κ3) is 4.63. The van der Waals surface area contributed by atoms with E-state index in [-0.39, 0.29) is 5.97 Å². The second-order valence-corrected chi connectivity index (χ2v) is 10.3. The van der Waals surface area contributed by atoms with Gasteiger partial charge in [0.2, 0.25) is 0 Å². The first-order chi connectivity index (χ1) is 19.5. The normalized spacial score (nSPS) is 14.5. The molecule has 0 amide bonds. The highest BCUT2D eigenvalue weighted by Crippen LogP contribution is 2.50. The first-order valence-corrected chi connectivity index (χ1v) is 13.7. The molecule has 1 aliphatic rings. The summed E-state index contributed by atoms with van der Waals surface area (Å²) in [5.41, 5.74) is 7.43. The van der Waals surface area contributed by atoms with Crippen molar-refractivity contribution in [2.75, 3.05) is 6.61 Å². The lowest BCUT2D eigenvalue weighted by Gasteiger charge is -2.16. The van der Waals surface area contributed by atoms with Gasteiger partial charge in [0.05, 0.1) is 23.3 Å². The highest BCUT2D eigenvalue weighted by atomic mass is 16.5. The number of hydrogen-bond acceptors (Lipinski definition) is 5. The Morgan fingerprint density at radius 3 is 2.25 bits per heavy atom. The topological polar surface area (TPSA) is 72.6 Å². The van der Waals surface area contributed by atoms with Gasteiger partial charge in [-0.3, -0.25) is 4.79 Å². The van der Waals surface area contributed by atoms with Gasteiger partial charge in [-0.2, -0.15) is 0 Å². The number of aliphatic hydroxyl groups excluding tert-OH is 1.